The van der Waals surface area contributed by atoms with Crippen LogP contribution in [0.25, 0.3) is 0 Å². The Bertz CT molecular complexity index is 317. The van der Waals surface area contributed by atoms with Gasteiger partial charge >= 0.3 is 0 Å². The molecule has 0 aliphatic rings. The highest BCUT2D eigenvalue weighted by Gasteiger charge is 2.04. The van der Waals surface area contributed by atoms with Gasteiger partial charge < -0.3 is 16.2 Å². The lowest BCUT2D eigenvalue weighted by Crippen LogP contribution is -2.22. The summed E-state index contributed by atoms with van der Waals surface area (Å²) in [5, 5.41) is 13.3. The van der Waals surface area contributed by atoms with Crippen LogP contribution in [-0.2, 0) is 0 Å². The summed E-state index contributed by atoms with van der Waals surface area (Å²) in [5.74, 6) is 0. The third-order valence-corrected chi connectivity index (χ3v) is 2.46. The number of aliphatic hydroxyl groups is 1. The second-order valence-corrected chi connectivity index (χ2v) is 4.01. The molecule has 0 aliphatic heterocycles. The summed E-state index contributed by atoms with van der Waals surface area (Å²) >= 11 is 5.87. The van der Waals surface area contributed by atoms with Crippen molar-refractivity contribution in [3.05, 3.63) is 28.8 Å². The maximum atomic E-state index is 9.50. The van der Waals surface area contributed by atoms with Crippen LogP contribution in [0, 0.1) is 6.92 Å². The molecule has 0 saturated carbocycles. The lowest BCUT2D eigenvalue weighted by atomic mass is 10.2. The molecule has 15 heavy (non-hydrogen) atoms. The fraction of sp³-hybridized carbons (Fsp3) is 0.455. The number of aryl methyl sites for hydroxylation is 1. The first kappa shape index (κ1) is 12.3. The van der Waals surface area contributed by atoms with Crippen LogP contribution in [-0.4, -0.2) is 24.3 Å². The van der Waals surface area contributed by atoms with Crippen molar-refractivity contribution >= 4 is 17.3 Å². The van der Waals surface area contributed by atoms with Gasteiger partial charge in [-0.1, -0.05) is 17.7 Å². The number of nitrogens with two attached hydrogens (primary N) is 1. The summed E-state index contributed by atoms with van der Waals surface area (Å²) in [4.78, 5) is 0. The van der Waals surface area contributed by atoms with Crippen molar-refractivity contribution in [2.45, 2.75) is 19.4 Å². The van der Waals surface area contributed by atoms with E-state index in [1.807, 2.05) is 25.1 Å². The average Bonchev–Trinajstić information content (AvgIpc) is 2.20. The normalized spacial score (nSPS) is 12.5. The number of aliphatic hydroxyl groups excluding tert-OH is 1. The second kappa shape index (κ2) is 5.95. The molecule has 0 radical (unpaired) electrons. The first-order valence-electron chi connectivity index (χ1n) is 5.01. The first-order valence-corrected chi connectivity index (χ1v) is 5.39. The molecule has 0 fully saturated rings. The maximum absolute atomic E-state index is 9.50. The van der Waals surface area contributed by atoms with E-state index in [1.165, 1.54) is 0 Å². The minimum absolute atomic E-state index is 0.409. The second-order valence-electron chi connectivity index (χ2n) is 3.57. The van der Waals surface area contributed by atoms with E-state index in [1.54, 1.807) is 0 Å². The monoisotopic (exact) mass is 228 g/mol. The average molecular weight is 229 g/mol. The quantitative estimate of drug-likeness (QED) is 0.720. The third-order valence-electron chi connectivity index (χ3n) is 2.23. The molecule has 0 saturated heterocycles. The van der Waals surface area contributed by atoms with Gasteiger partial charge in [-0.15, -0.1) is 0 Å². The van der Waals surface area contributed by atoms with Crippen molar-refractivity contribution in [1.29, 1.82) is 0 Å². The van der Waals surface area contributed by atoms with Crippen molar-refractivity contribution in [3.63, 3.8) is 0 Å². The predicted molar refractivity (Wildman–Crippen MR) is 64.4 cm³/mol. The number of rotatable bonds is 5. The maximum Gasteiger partial charge on any atom is 0.0724 e. The van der Waals surface area contributed by atoms with Crippen LogP contribution >= 0.6 is 11.6 Å². The summed E-state index contributed by atoms with van der Waals surface area (Å²) in [6.07, 6.45) is 0.195. The van der Waals surface area contributed by atoms with Crippen LogP contribution in [0.2, 0.25) is 5.02 Å². The summed E-state index contributed by atoms with van der Waals surface area (Å²) in [5.41, 5.74) is 7.41. The summed E-state index contributed by atoms with van der Waals surface area (Å²) < 4.78 is 0. The van der Waals surface area contributed by atoms with Crippen molar-refractivity contribution in [2.24, 2.45) is 5.73 Å². The zero-order chi connectivity index (χ0) is 11.3. The Morgan fingerprint density at radius 1 is 1.53 bits per heavy atom. The predicted octanol–water partition coefficient (Wildman–Crippen LogP) is 1.77. The Hall–Kier alpha value is -0.770. The van der Waals surface area contributed by atoms with E-state index in [2.05, 4.69) is 5.32 Å². The van der Waals surface area contributed by atoms with Crippen LogP contribution in [0.3, 0.4) is 0 Å². The zero-order valence-corrected chi connectivity index (χ0v) is 9.59. The minimum Gasteiger partial charge on any atom is -0.391 e. The standard InChI is InChI=1S/C11H17ClN2O/c1-8-2-3-9(12)6-11(8)14-7-10(15)4-5-13/h2-3,6,10,14-15H,4-5,7,13H2,1H3. The molecule has 1 aromatic rings. The number of halogens is 1. The van der Waals surface area contributed by atoms with E-state index in [0.29, 0.717) is 24.5 Å². The van der Waals surface area contributed by atoms with Crippen LogP contribution in [0.4, 0.5) is 5.69 Å². The number of nitrogens with one attached hydrogen (secondary N) is 1. The largest absolute Gasteiger partial charge is 0.391 e. The van der Waals surface area contributed by atoms with Crippen molar-refractivity contribution in [1.82, 2.24) is 0 Å². The van der Waals surface area contributed by atoms with E-state index < -0.39 is 6.10 Å². The lowest BCUT2D eigenvalue weighted by Gasteiger charge is -2.13. The molecule has 4 N–H and O–H groups in total. The van der Waals surface area contributed by atoms with E-state index in [-0.39, 0.29) is 0 Å². The molecule has 1 rings (SSSR count). The Kier molecular flexibility index (Phi) is 4.88. The van der Waals surface area contributed by atoms with Gasteiger partial charge in [-0.3, -0.25) is 0 Å². The van der Waals surface area contributed by atoms with E-state index in [9.17, 15) is 5.11 Å². The summed E-state index contributed by atoms with van der Waals surface area (Å²) in [6, 6.07) is 5.64. The lowest BCUT2D eigenvalue weighted by molar-refractivity contribution is 0.180. The molecule has 0 bridgehead atoms. The third kappa shape index (κ3) is 4.08. The Labute approximate surface area is 95.2 Å². The van der Waals surface area contributed by atoms with Crippen LogP contribution < -0.4 is 11.1 Å². The topological polar surface area (TPSA) is 58.3 Å². The molecule has 0 aromatic heterocycles. The van der Waals surface area contributed by atoms with Crippen molar-refractivity contribution in [2.75, 3.05) is 18.4 Å². The van der Waals surface area contributed by atoms with E-state index in [4.69, 9.17) is 17.3 Å². The number of anilines is 1. The van der Waals surface area contributed by atoms with Crippen molar-refractivity contribution in [3.8, 4) is 0 Å². The molecule has 3 nitrogen and oxygen atoms in total. The van der Waals surface area contributed by atoms with Gasteiger partial charge in [-0.05, 0) is 37.6 Å². The summed E-state index contributed by atoms with van der Waals surface area (Å²) in [6.45, 7) is 2.99. The highest BCUT2D eigenvalue weighted by molar-refractivity contribution is 6.30. The zero-order valence-electron chi connectivity index (χ0n) is 8.83. The van der Waals surface area contributed by atoms with E-state index >= 15 is 0 Å². The van der Waals surface area contributed by atoms with Gasteiger partial charge in [0.05, 0.1) is 6.10 Å². The van der Waals surface area contributed by atoms with Gasteiger partial charge in [0, 0.05) is 17.3 Å². The van der Waals surface area contributed by atoms with Gasteiger partial charge in [0.15, 0.2) is 0 Å². The fourth-order valence-corrected chi connectivity index (χ4v) is 1.48. The Morgan fingerprint density at radius 3 is 2.93 bits per heavy atom. The minimum atomic E-state index is -0.409. The highest BCUT2D eigenvalue weighted by atomic mass is 35.5. The van der Waals surface area contributed by atoms with Crippen LogP contribution in [0.5, 0.6) is 0 Å². The van der Waals surface area contributed by atoms with Gasteiger partial charge in [0.25, 0.3) is 0 Å². The molecular weight excluding hydrogens is 212 g/mol. The van der Waals surface area contributed by atoms with Gasteiger partial charge in [-0.25, -0.2) is 0 Å². The SMILES string of the molecule is Cc1ccc(Cl)cc1NCC(O)CCN. The van der Waals surface area contributed by atoms with Crippen LogP contribution in [0.1, 0.15) is 12.0 Å². The molecule has 0 spiro atoms. The fourth-order valence-electron chi connectivity index (χ4n) is 1.31. The Morgan fingerprint density at radius 2 is 2.27 bits per heavy atom. The highest BCUT2D eigenvalue weighted by Crippen LogP contribution is 2.19. The number of hydrogen-bond donors (Lipinski definition) is 3. The summed E-state index contributed by atoms with van der Waals surface area (Å²) in [7, 11) is 0. The molecule has 0 aliphatic carbocycles. The van der Waals surface area contributed by atoms with Gasteiger partial charge in [0.1, 0.15) is 0 Å². The first-order chi connectivity index (χ1) is 7.13. The van der Waals surface area contributed by atoms with Gasteiger partial charge in [-0.2, -0.15) is 0 Å². The van der Waals surface area contributed by atoms with E-state index in [0.717, 1.165) is 11.3 Å². The molecule has 1 atom stereocenters. The Balaban J connectivity index is 2.53. The number of hydrogen-bond acceptors (Lipinski definition) is 3. The molecule has 1 unspecified atom stereocenters. The van der Waals surface area contributed by atoms with Crippen molar-refractivity contribution < 1.29 is 5.11 Å². The number of benzene rings is 1. The molecule has 0 amide bonds. The molecule has 1 aromatic carbocycles. The van der Waals surface area contributed by atoms with Gasteiger partial charge in [0.2, 0.25) is 0 Å². The van der Waals surface area contributed by atoms with Crippen LogP contribution in [0.15, 0.2) is 18.2 Å². The molecule has 0 heterocycles. The smallest absolute Gasteiger partial charge is 0.0724 e. The molecular formula is C11H17ClN2O. The molecule has 4 heteroatoms. The molecule has 84 valence electrons.